The van der Waals surface area contributed by atoms with Gasteiger partial charge in [0.25, 0.3) is 0 Å². The van der Waals surface area contributed by atoms with Crippen LogP contribution >= 0.6 is 11.8 Å². The van der Waals surface area contributed by atoms with Gasteiger partial charge in [0.05, 0.1) is 18.4 Å². The molecule has 0 amide bonds. The molecule has 2 atom stereocenters. The average Bonchev–Trinajstić information content (AvgIpc) is 2.52. The van der Waals surface area contributed by atoms with Crippen LogP contribution in [-0.4, -0.2) is 35.2 Å². The third-order valence-electron chi connectivity index (χ3n) is 1.99. The molecule has 1 aliphatic rings. The Labute approximate surface area is 80.6 Å². The SMILES string of the molecule is CCOC(=O)C1CSCC1C(=O)O. The predicted molar refractivity (Wildman–Crippen MR) is 48.6 cm³/mol. The van der Waals surface area contributed by atoms with Crippen molar-refractivity contribution in [2.24, 2.45) is 11.8 Å². The van der Waals surface area contributed by atoms with E-state index in [1.54, 1.807) is 6.92 Å². The molecule has 1 fully saturated rings. The molecule has 1 heterocycles. The second-order valence-corrected chi connectivity index (χ2v) is 3.92. The van der Waals surface area contributed by atoms with Crippen molar-refractivity contribution in [1.82, 2.24) is 0 Å². The minimum atomic E-state index is -0.900. The van der Waals surface area contributed by atoms with Crippen molar-refractivity contribution in [3.63, 3.8) is 0 Å². The van der Waals surface area contributed by atoms with Crippen LogP contribution in [0.25, 0.3) is 0 Å². The van der Waals surface area contributed by atoms with Crippen molar-refractivity contribution in [1.29, 1.82) is 0 Å². The summed E-state index contributed by atoms with van der Waals surface area (Å²) in [6.45, 7) is 2.03. The van der Waals surface area contributed by atoms with Crippen LogP contribution in [0.2, 0.25) is 0 Å². The normalized spacial score (nSPS) is 27.2. The maximum Gasteiger partial charge on any atom is 0.310 e. The monoisotopic (exact) mass is 204 g/mol. The van der Waals surface area contributed by atoms with Gasteiger partial charge in [-0.15, -0.1) is 0 Å². The fourth-order valence-electron chi connectivity index (χ4n) is 1.28. The van der Waals surface area contributed by atoms with E-state index in [1.807, 2.05) is 0 Å². The van der Waals surface area contributed by atoms with Crippen LogP contribution in [0.15, 0.2) is 0 Å². The summed E-state index contributed by atoms with van der Waals surface area (Å²) in [6, 6.07) is 0. The van der Waals surface area contributed by atoms with Gasteiger partial charge in [0.15, 0.2) is 0 Å². The maximum absolute atomic E-state index is 11.3. The Bertz CT molecular complexity index is 216. The zero-order chi connectivity index (χ0) is 9.84. The Hall–Kier alpha value is -0.710. The number of carboxylic acids is 1. The molecule has 0 aromatic carbocycles. The Morgan fingerprint density at radius 2 is 2.08 bits per heavy atom. The van der Waals surface area contributed by atoms with Gasteiger partial charge in [-0.25, -0.2) is 0 Å². The summed E-state index contributed by atoms with van der Waals surface area (Å²) in [5.74, 6) is -1.22. The number of ether oxygens (including phenoxy) is 1. The van der Waals surface area contributed by atoms with E-state index >= 15 is 0 Å². The standard InChI is InChI=1S/C8H12O4S/c1-2-12-8(11)6-4-13-3-5(6)7(9)10/h5-6H,2-4H2,1H3,(H,9,10). The molecule has 4 nitrogen and oxygen atoms in total. The summed E-state index contributed by atoms with van der Waals surface area (Å²) in [6.07, 6.45) is 0. The molecule has 0 spiro atoms. The van der Waals surface area contributed by atoms with E-state index in [0.717, 1.165) is 0 Å². The lowest BCUT2D eigenvalue weighted by Gasteiger charge is -2.12. The molecule has 0 bridgehead atoms. The molecule has 74 valence electrons. The third-order valence-corrected chi connectivity index (χ3v) is 3.18. The Morgan fingerprint density at radius 3 is 2.62 bits per heavy atom. The minimum absolute atomic E-state index is 0.312. The average molecular weight is 204 g/mol. The van der Waals surface area contributed by atoms with Gasteiger partial charge in [-0.1, -0.05) is 0 Å². The number of aliphatic carboxylic acids is 1. The first kappa shape index (κ1) is 10.4. The van der Waals surface area contributed by atoms with Gasteiger partial charge >= 0.3 is 11.9 Å². The van der Waals surface area contributed by atoms with Crippen molar-refractivity contribution in [2.75, 3.05) is 18.1 Å². The fourth-order valence-corrected chi connectivity index (χ4v) is 2.67. The van der Waals surface area contributed by atoms with Crippen molar-refractivity contribution in [2.45, 2.75) is 6.92 Å². The highest BCUT2D eigenvalue weighted by molar-refractivity contribution is 7.99. The smallest absolute Gasteiger partial charge is 0.310 e. The van der Waals surface area contributed by atoms with E-state index < -0.39 is 17.8 Å². The van der Waals surface area contributed by atoms with Gasteiger partial charge < -0.3 is 9.84 Å². The molecule has 1 aliphatic heterocycles. The number of carbonyl (C=O) groups excluding carboxylic acids is 1. The second kappa shape index (κ2) is 4.50. The van der Waals surface area contributed by atoms with Crippen LogP contribution < -0.4 is 0 Å². The molecule has 0 aromatic rings. The molecular formula is C8H12O4S. The summed E-state index contributed by atoms with van der Waals surface area (Å²) in [5.41, 5.74) is 0. The molecule has 0 aliphatic carbocycles. The second-order valence-electron chi connectivity index (χ2n) is 2.84. The van der Waals surface area contributed by atoms with Gasteiger partial charge in [0.1, 0.15) is 0 Å². The van der Waals surface area contributed by atoms with Gasteiger partial charge in [-0.05, 0) is 6.92 Å². The van der Waals surface area contributed by atoms with Crippen LogP contribution in [0, 0.1) is 11.8 Å². The first-order valence-electron chi connectivity index (χ1n) is 4.14. The molecule has 5 heteroatoms. The highest BCUT2D eigenvalue weighted by Gasteiger charge is 2.39. The van der Waals surface area contributed by atoms with E-state index in [0.29, 0.717) is 18.1 Å². The summed E-state index contributed by atoms with van der Waals surface area (Å²) in [4.78, 5) is 22.0. The summed E-state index contributed by atoms with van der Waals surface area (Å²) in [5, 5.41) is 8.78. The molecule has 1 saturated heterocycles. The topological polar surface area (TPSA) is 63.6 Å². The van der Waals surface area contributed by atoms with Gasteiger partial charge in [-0.2, -0.15) is 11.8 Å². The zero-order valence-corrected chi connectivity index (χ0v) is 8.17. The molecule has 0 radical (unpaired) electrons. The molecule has 2 unspecified atom stereocenters. The predicted octanol–water partition coefficient (Wildman–Crippen LogP) is 0.613. The van der Waals surface area contributed by atoms with Crippen LogP contribution in [-0.2, 0) is 14.3 Å². The van der Waals surface area contributed by atoms with Crippen molar-refractivity contribution < 1.29 is 19.4 Å². The highest BCUT2D eigenvalue weighted by Crippen LogP contribution is 2.30. The summed E-state index contributed by atoms with van der Waals surface area (Å²) < 4.78 is 4.79. The van der Waals surface area contributed by atoms with E-state index in [4.69, 9.17) is 9.84 Å². The number of hydrogen-bond donors (Lipinski definition) is 1. The highest BCUT2D eigenvalue weighted by atomic mass is 32.2. The molecule has 1 rings (SSSR count). The zero-order valence-electron chi connectivity index (χ0n) is 7.36. The molecular weight excluding hydrogens is 192 g/mol. The fraction of sp³-hybridized carbons (Fsp3) is 0.750. The van der Waals surface area contributed by atoms with Crippen molar-refractivity contribution in [3.8, 4) is 0 Å². The number of carboxylic acid groups (broad SMARTS) is 1. The van der Waals surface area contributed by atoms with E-state index in [1.165, 1.54) is 11.8 Å². The van der Waals surface area contributed by atoms with Gasteiger partial charge in [0.2, 0.25) is 0 Å². The van der Waals surface area contributed by atoms with E-state index in [2.05, 4.69) is 0 Å². The summed E-state index contributed by atoms with van der Waals surface area (Å²) >= 11 is 1.49. The molecule has 0 aromatic heterocycles. The summed E-state index contributed by atoms with van der Waals surface area (Å²) in [7, 11) is 0. The number of esters is 1. The number of thioether (sulfide) groups is 1. The number of carbonyl (C=O) groups is 2. The quantitative estimate of drug-likeness (QED) is 0.682. The van der Waals surface area contributed by atoms with Crippen LogP contribution in [0.5, 0.6) is 0 Å². The molecule has 13 heavy (non-hydrogen) atoms. The molecule has 0 saturated carbocycles. The minimum Gasteiger partial charge on any atom is -0.481 e. The maximum atomic E-state index is 11.3. The lowest BCUT2D eigenvalue weighted by Crippen LogP contribution is -2.29. The van der Waals surface area contributed by atoms with E-state index in [9.17, 15) is 9.59 Å². The molecule has 1 N–H and O–H groups in total. The van der Waals surface area contributed by atoms with Crippen LogP contribution in [0.3, 0.4) is 0 Å². The lowest BCUT2D eigenvalue weighted by atomic mass is 9.96. The van der Waals surface area contributed by atoms with Gasteiger partial charge in [0, 0.05) is 11.5 Å². The number of rotatable bonds is 3. The number of hydrogen-bond acceptors (Lipinski definition) is 4. The first-order chi connectivity index (χ1) is 6.16. The van der Waals surface area contributed by atoms with Crippen LogP contribution in [0.1, 0.15) is 6.92 Å². The van der Waals surface area contributed by atoms with Crippen LogP contribution in [0.4, 0.5) is 0 Å². The largest absolute Gasteiger partial charge is 0.481 e. The first-order valence-corrected chi connectivity index (χ1v) is 5.29. The van der Waals surface area contributed by atoms with Crippen molar-refractivity contribution in [3.05, 3.63) is 0 Å². The Kier molecular flexibility index (Phi) is 3.59. The lowest BCUT2D eigenvalue weighted by molar-refractivity contribution is -0.155. The van der Waals surface area contributed by atoms with Crippen molar-refractivity contribution >= 4 is 23.7 Å². The third kappa shape index (κ3) is 2.37. The van der Waals surface area contributed by atoms with Gasteiger partial charge in [-0.3, -0.25) is 9.59 Å². The van der Waals surface area contributed by atoms with E-state index in [-0.39, 0.29) is 5.97 Å². The Morgan fingerprint density at radius 1 is 1.46 bits per heavy atom. The Balaban J connectivity index is 2.57.